The van der Waals surface area contributed by atoms with Gasteiger partial charge in [0.25, 0.3) is 30.4 Å². The van der Waals surface area contributed by atoms with Gasteiger partial charge in [0.15, 0.2) is 0 Å². The van der Waals surface area contributed by atoms with Crippen molar-refractivity contribution in [1.29, 1.82) is 0 Å². The fourth-order valence-corrected chi connectivity index (χ4v) is 5.42. The molecule has 0 unspecified atom stereocenters. The standard InChI is InChI=1S/C24H29N3O12S3.2H2O/c28-22-4-1-19(40(31,32)33)7-15(22)10-25-13-18(27-12-17-9-21(42(37,38)39)3-6-24(17)30)14-26-11-16-8-20(41(34,35)36)2-5-23(16)29;;/h1-9,18,25-30H,10-14H2,(H,31,32,33)(H,34,35,36)(H,37,38,39);2*1H2. The molecule has 0 aromatic heterocycles. The van der Waals surface area contributed by atoms with E-state index in [2.05, 4.69) is 16.0 Å². The average molecular weight is 684 g/mol. The molecule has 13 N–H and O–H groups in total. The summed E-state index contributed by atoms with van der Waals surface area (Å²) in [6.07, 6.45) is 0. The molecule has 0 saturated heterocycles. The second-order valence-electron chi connectivity index (χ2n) is 9.14. The van der Waals surface area contributed by atoms with E-state index in [1.807, 2.05) is 0 Å². The van der Waals surface area contributed by atoms with E-state index in [4.69, 9.17) is 0 Å². The highest BCUT2D eigenvalue weighted by Gasteiger charge is 2.17. The zero-order valence-electron chi connectivity index (χ0n) is 22.7. The number of aromatic hydroxyl groups is 3. The zero-order valence-corrected chi connectivity index (χ0v) is 25.1. The third-order valence-corrected chi connectivity index (χ3v) is 8.59. The molecule has 0 aliphatic rings. The Hall–Kier alpha value is -3.41. The molecule has 0 saturated carbocycles. The highest BCUT2D eigenvalue weighted by atomic mass is 32.2. The molecule has 246 valence electrons. The summed E-state index contributed by atoms with van der Waals surface area (Å²) in [5, 5.41) is 39.4. The molecular formula is C24H33N3O14S3. The first-order valence-corrected chi connectivity index (χ1v) is 16.3. The zero-order chi connectivity index (χ0) is 31.3. The van der Waals surface area contributed by atoms with Crippen LogP contribution in [-0.2, 0) is 50.0 Å². The predicted octanol–water partition coefficient (Wildman–Crippen LogP) is -1.07. The van der Waals surface area contributed by atoms with Gasteiger partial charge >= 0.3 is 0 Å². The molecule has 17 nitrogen and oxygen atoms in total. The largest absolute Gasteiger partial charge is 0.508 e. The van der Waals surface area contributed by atoms with E-state index in [1.54, 1.807) is 0 Å². The van der Waals surface area contributed by atoms with Crippen molar-refractivity contribution in [2.75, 3.05) is 13.1 Å². The van der Waals surface area contributed by atoms with E-state index in [0.29, 0.717) is 0 Å². The molecule has 0 spiro atoms. The number of phenolic OH excluding ortho intramolecular Hbond substituents is 3. The first-order chi connectivity index (χ1) is 19.4. The Bertz CT molecular complexity index is 1680. The van der Waals surface area contributed by atoms with Crippen LogP contribution < -0.4 is 16.0 Å². The Labute approximate surface area is 253 Å². The van der Waals surface area contributed by atoms with Gasteiger partial charge in [-0.05, 0) is 54.6 Å². The van der Waals surface area contributed by atoms with Gasteiger partial charge in [0.2, 0.25) is 0 Å². The van der Waals surface area contributed by atoms with E-state index in [0.717, 1.165) is 54.6 Å². The summed E-state index contributed by atoms with van der Waals surface area (Å²) in [5.41, 5.74) is 0.441. The maximum atomic E-state index is 11.5. The van der Waals surface area contributed by atoms with E-state index >= 15 is 0 Å². The van der Waals surface area contributed by atoms with E-state index in [1.165, 1.54) is 0 Å². The predicted molar refractivity (Wildman–Crippen MR) is 155 cm³/mol. The molecule has 20 heteroatoms. The van der Waals surface area contributed by atoms with Gasteiger partial charge in [-0.25, -0.2) is 0 Å². The number of hydrogen-bond donors (Lipinski definition) is 9. The molecule has 0 radical (unpaired) electrons. The minimum absolute atomic E-state index is 0. The quantitative estimate of drug-likeness (QED) is 0.0914. The van der Waals surface area contributed by atoms with Gasteiger partial charge in [0, 0.05) is 55.5 Å². The fourth-order valence-electron chi connectivity index (χ4n) is 3.82. The summed E-state index contributed by atoms with van der Waals surface area (Å²) >= 11 is 0. The Morgan fingerprint density at radius 1 is 0.523 bits per heavy atom. The molecular weight excluding hydrogens is 650 g/mol. The molecule has 3 aromatic carbocycles. The molecule has 3 aromatic rings. The molecule has 0 aliphatic heterocycles. The lowest BCUT2D eigenvalue weighted by Gasteiger charge is -2.21. The van der Waals surface area contributed by atoms with Crippen molar-refractivity contribution in [1.82, 2.24) is 16.0 Å². The van der Waals surface area contributed by atoms with Crippen molar-refractivity contribution >= 4 is 30.4 Å². The Morgan fingerprint density at radius 3 is 1.11 bits per heavy atom. The third kappa shape index (κ3) is 10.9. The van der Waals surface area contributed by atoms with E-state index < -0.39 is 51.1 Å². The monoisotopic (exact) mass is 683 g/mol. The lowest BCUT2D eigenvalue weighted by molar-refractivity contribution is 0.420. The fraction of sp³-hybridized carbons (Fsp3) is 0.250. The molecule has 0 heterocycles. The Morgan fingerprint density at radius 2 is 0.818 bits per heavy atom. The van der Waals surface area contributed by atoms with Gasteiger partial charge in [-0.15, -0.1) is 0 Å². The van der Waals surface area contributed by atoms with Crippen LogP contribution in [-0.4, -0.2) is 84.3 Å². The Balaban J connectivity index is 0.00000484. The minimum Gasteiger partial charge on any atom is -0.508 e. The van der Waals surface area contributed by atoms with Crippen LogP contribution in [0.4, 0.5) is 0 Å². The molecule has 3 rings (SSSR count). The molecule has 0 atom stereocenters. The van der Waals surface area contributed by atoms with Crippen LogP contribution in [0.5, 0.6) is 17.2 Å². The summed E-state index contributed by atoms with van der Waals surface area (Å²) in [5.74, 6) is -0.731. The van der Waals surface area contributed by atoms with Crippen LogP contribution in [0.1, 0.15) is 16.7 Å². The maximum Gasteiger partial charge on any atom is 0.294 e. The van der Waals surface area contributed by atoms with Gasteiger partial charge in [-0.1, -0.05) is 0 Å². The van der Waals surface area contributed by atoms with Crippen molar-refractivity contribution in [2.24, 2.45) is 0 Å². The Kier molecular flexibility index (Phi) is 13.6. The van der Waals surface area contributed by atoms with Gasteiger partial charge in [-0.3, -0.25) is 13.7 Å². The second kappa shape index (κ2) is 15.5. The van der Waals surface area contributed by atoms with E-state index in [9.17, 15) is 54.2 Å². The van der Waals surface area contributed by atoms with Gasteiger partial charge in [0.1, 0.15) is 17.2 Å². The summed E-state index contributed by atoms with van der Waals surface area (Å²) in [6, 6.07) is 9.11. The first kappa shape index (κ1) is 38.6. The maximum absolute atomic E-state index is 11.5. The normalized spacial score (nSPS) is 12.0. The summed E-state index contributed by atoms with van der Waals surface area (Å²) in [4.78, 5) is -1.28. The average Bonchev–Trinajstić information content (AvgIpc) is 2.87. The van der Waals surface area contributed by atoms with Crippen LogP contribution in [0, 0.1) is 0 Å². The lowest BCUT2D eigenvalue weighted by atomic mass is 10.1. The summed E-state index contributed by atoms with van der Waals surface area (Å²) in [6.45, 7) is 0.0645. The van der Waals surface area contributed by atoms with Crippen molar-refractivity contribution in [3.8, 4) is 17.2 Å². The van der Waals surface area contributed by atoms with E-state index in [-0.39, 0.29) is 77.6 Å². The molecule has 44 heavy (non-hydrogen) atoms. The number of rotatable bonds is 14. The lowest BCUT2D eigenvalue weighted by Crippen LogP contribution is -2.45. The van der Waals surface area contributed by atoms with Crippen LogP contribution in [0.2, 0.25) is 0 Å². The minimum atomic E-state index is -4.54. The number of benzene rings is 3. The summed E-state index contributed by atoms with van der Waals surface area (Å²) < 4.78 is 96.6. The van der Waals surface area contributed by atoms with Crippen molar-refractivity contribution < 1.29 is 65.2 Å². The van der Waals surface area contributed by atoms with Crippen LogP contribution in [0.3, 0.4) is 0 Å². The van der Waals surface area contributed by atoms with Crippen LogP contribution in [0.15, 0.2) is 69.3 Å². The molecule has 0 fully saturated rings. The van der Waals surface area contributed by atoms with Gasteiger partial charge in [0.05, 0.1) is 14.7 Å². The third-order valence-electron chi connectivity index (χ3n) is 6.04. The highest BCUT2D eigenvalue weighted by molar-refractivity contribution is 7.86. The van der Waals surface area contributed by atoms with Crippen LogP contribution in [0.25, 0.3) is 0 Å². The second-order valence-corrected chi connectivity index (χ2v) is 13.4. The van der Waals surface area contributed by atoms with Crippen molar-refractivity contribution in [3.05, 3.63) is 71.3 Å². The van der Waals surface area contributed by atoms with Gasteiger partial charge in [-0.2, -0.15) is 25.3 Å². The molecule has 0 aliphatic carbocycles. The molecule has 0 amide bonds. The van der Waals surface area contributed by atoms with Crippen molar-refractivity contribution in [3.63, 3.8) is 0 Å². The summed E-state index contributed by atoms with van der Waals surface area (Å²) in [7, 11) is -13.6. The first-order valence-electron chi connectivity index (χ1n) is 12.0. The number of nitrogens with one attached hydrogen (secondary N) is 3. The van der Waals surface area contributed by atoms with Gasteiger partial charge < -0.3 is 42.2 Å². The van der Waals surface area contributed by atoms with Crippen LogP contribution >= 0.6 is 0 Å². The topological polar surface area (TPSA) is 323 Å². The smallest absolute Gasteiger partial charge is 0.294 e. The number of phenols is 3. The number of hydrogen-bond acceptors (Lipinski definition) is 12. The van der Waals surface area contributed by atoms with Crippen molar-refractivity contribution in [2.45, 2.75) is 40.4 Å². The SMILES string of the molecule is O.O.O=S(=O)(O)c1ccc(O)c(CNCC(CNCc2cc(S(=O)(=O)O)ccc2O)NCc2cc(S(=O)(=O)O)ccc2O)c1. The molecule has 0 bridgehead atoms. The highest BCUT2D eigenvalue weighted by Crippen LogP contribution is 2.23.